The van der Waals surface area contributed by atoms with Crippen LogP contribution < -0.4 is 10.9 Å². The number of nitrogens with one attached hydrogen (secondary N) is 2. The summed E-state index contributed by atoms with van der Waals surface area (Å²) in [4.78, 5) is 37.4. The molecule has 154 valence electrons. The van der Waals surface area contributed by atoms with Gasteiger partial charge in [-0.3, -0.25) is 14.2 Å². The van der Waals surface area contributed by atoms with Gasteiger partial charge in [-0.05, 0) is 36.6 Å². The Morgan fingerprint density at radius 3 is 2.60 bits per heavy atom. The van der Waals surface area contributed by atoms with Gasteiger partial charge in [0.05, 0.1) is 34.3 Å². The average molecular weight is 403 g/mol. The van der Waals surface area contributed by atoms with Crippen molar-refractivity contribution in [1.82, 2.24) is 24.8 Å². The topological polar surface area (TPSA) is 92.7 Å². The lowest BCUT2D eigenvalue weighted by molar-refractivity contribution is -0.122. The second-order valence-corrected chi connectivity index (χ2v) is 7.79. The van der Waals surface area contributed by atoms with Crippen LogP contribution in [0, 0.1) is 5.92 Å². The number of imidazole rings is 1. The molecule has 4 rings (SSSR count). The summed E-state index contributed by atoms with van der Waals surface area (Å²) in [5.41, 5.74) is 2.44. The van der Waals surface area contributed by atoms with Gasteiger partial charge in [0.1, 0.15) is 5.82 Å². The largest absolute Gasteiger partial charge is 0.346 e. The summed E-state index contributed by atoms with van der Waals surface area (Å²) in [7, 11) is 0. The Hall–Kier alpha value is -3.48. The van der Waals surface area contributed by atoms with E-state index in [-0.39, 0.29) is 23.4 Å². The minimum Gasteiger partial charge on any atom is -0.346 e. The lowest BCUT2D eigenvalue weighted by Gasteiger charge is -2.20. The number of aromatic nitrogens is 4. The van der Waals surface area contributed by atoms with E-state index in [0.717, 1.165) is 16.9 Å². The van der Waals surface area contributed by atoms with Crippen LogP contribution in [0.3, 0.4) is 0 Å². The number of para-hydroxylation sites is 3. The molecule has 0 fully saturated rings. The first-order valence-corrected chi connectivity index (χ1v) is 10.2. The Balaban J connectivity index is 1.40. The number of hydrogen-bond acceptors (Lipinski definition) is 4. The van der Waals surface area contributed by atoms with E-state index in [1.54, 1.807) is 17.0 Å². The van der Waals surface area contributed by atoms with Gasteiger partial charge >= 0.3 is 0 Å². The van der Waals surface area contributed by atoms with Gasteiger partial charge in [0.15, 0.2) is 0 Å². The number of fused-ring (bicyclic) bond motifs is 2. The van der Waals surface area contributed by atoms with E-state index in [4.69, 9.17) is 0 Å². The van der Waals surface area contributed by atoms with Crippen LogP contribution in [0.2, 0.25) is 0 Å². The number of amides is 1. The van der Waals surface area contributed by atoms with Crippen LogP contribution in [0.1, 0.15) is 38.6 Å². The molecule has 0 aliphatic carbocycles. The molecule has 1 atom stereocenters. The first-order valence-electron chi connectivity index (χ1n) is 10.2. The number of hydrogen-bond donors (Lipinski definition) is 2. The third kappa shape index (κ3) is 4.10. The van der Waals surface area contributed by atoms with Gasteiger partial charge in [0, 0.05) is 13.0 Å². The van der Waals surface area contributed by atoms with Crippen LogP contribution in [-0.4, -0.2) is 25.4 Å². The molecule has 2 heterocycles. The number of carbonyl (C=O) groups is 1. The average Bonchev–Trinajstić information content (AvgIpc) is 3.17. The smallest absolute Gasteiger partial charge is 0.261 e. The molecule has 4 aromatic rings. The molecule has 0 aliphatic rings. The summed E-state index contributed by atoms with van der Waals surface area (Å²) in [6, 6.07) is 14.9. The summed E-state index contributed by atoms with van der Waals surface area (Å²) in [5, 5.41) is 3.68. The van der Waals surface area contributed by atoms with E-state index >= 15 is 0 Å². The van der Waals surface area contributed by atoms with E-state index in [2.05, 4.69) is 34.1 Å². The van der Waals surface area contributed by atoms with Gasteiger partial charge in [-0.25, -0.2) is 9.97 Å². The Bertz CT molecular complexity index is 1210. The van der Waals surface area contributed by atoms with Gasteiger partial charge in [-0.15, -0.1) is 0 Å². The number of H-pyrrole nitrogens is 1. The van der Waals surface area contributed by atoms with Crippen molar-refractivity contribution in [1.29, 1.82) is 0 Å². The molecule has 0 saturated heterocycles. The predicted octanol–water partition coefficient (Wildman–Crippen LogP) is 3.57. The molecule has 0 radical (unpaired) electrons. The van der Waals surface area contributed by atoms with Crippen molar-refractivity contribution in [3.63, 3.8) is 0 Å². The SMILES string of the molecule is CC(C)[C@H](NC(=O)CCCn1cnc2ccccc2c1=O)c1nc2ccccc2[nH]1. The van der Waals surface area contributed by atoms with Crippen molar-refractivity contribution >= 4 is 27.8 Å². The highest BCUT2D eigenvalue weighted by molar-refractivity contribution is 5.78. The van der Waals surface area contributed by atoms with Crippen LogP contribution in [0.5, 0.6) is 0 Å². The van der Waals surface area contributed by atoms with E-state index in [1.165, 1.54) is 0 Å². The number of aromatic amines is 1. The van der Waals surface area contributed by atoms with E-state index in [1.807, 2.05) is 42.5 Å². The summed E-state index contributed by atoms with van der Waals surface area (Å²) < 4.78 is 1.56. The normalized spacial score (nSPS) is 12.5. The monoisotopic (exact) mass is 403 g/mol. The number of aryl methyl sites for hydroxylation is 1. The number of benzene rings is 2. The zero-order valence-corrected chi connectivity index (χ0v) is 17.1. The fraction of sp³-hybridized carbons (Fsp3) is 0.304. The highest BCUT2D eigenvalue weighted by Crippen LogP contribution is 2.22. The number of rotatable bonds is 7. The minimum absolute atomic E-state index is 0.0593. The molecular weight excluding hydrogens is 378 g/mol. The maximum absolute atomic E-state index is 12.6. The van der Waals surface area contributed by atoms with E-state index in [9.17, 15) is 9.59 Å². The van der Waals surface area contributed by atoms with Crippen molar-refractivity contribution in [3.05, 3.63) is 71.0 Å². The molecular formula is C23H25N5O2. The zero-order valence-electron chi connectivity index (χ0n) is 17.1. The molecule has 2 N–H and O–H groups in total. The second kappa shape index (κ2) is 8.49. The Morgan fingerprint density at radius 2 is 1.83 bits per heavy atom. The Morgan fingerprint density at radius 1 is 1.10 bits per heavy atom. The molecule has 7 heteroatoms. The maximum Gasteiger partial charge on any atom is 0.261 e. The van der Waals surface area contributed by atoms with Crippen LogP contribution in [0.4, 0.5) is 0 Å². The van der Waals surface area contributed by atoms with Crippen molar-refractivity contribution in [3.8, 4) is 0 Å². The summed E-state index contributed by atoms with van der Waals surface area (Å²) in [6.07, 6.45) is 2.42. The number of carbonyl (C=O) groups excluding carboxylic acids is 1. The van der Waals surface area contributed by atoms with Crippen molar-refractivity contribution in [2.24, 2.45) is 5.92 Å². The van der Waals surface area contributed by atoms with Crippen LogP contribution in [0.15, 0.2) is 59.7 Å². The molecule has 0 bridgehead atoms. The van der Waals surface area contributed by atoms with Crippen molar-refractivity contribution < 1.29 is 4.79 Å². The molecule has 1 amide bonds. The van der Waals surface area contributed by atoms with Gasteiger partial charge in [0.2, 0.25) is 5.91 Å². The first kappa shape index (κ1) is 19.8. The summed E-state index contributed by atoms with van der Waals surface area (Å²) in [5.74, 6) is 0.882. The zero-order chi connectivity index (χ0) is 21.1. The highest BCUT2D eigenvalue weighted by atomic mass is 16.1. The molecule has 0 aliphatic heterocycles. The Kier molecular flexibility index (Phi) is 5.61. The molecule has 0 spiro atoms. The molecule has 2 aromatic heterocycles. The Labute approximate surface area is 174 Å². The maximum atomic E-state index is 12.6. The van der Waals surface area contributed by atoms with E-state index in [0.29, 0.717) is 30.3 Å². The van der Waals surface area contributed by atoms with Crippen molar-refractivity contribution in [2.45, 2.75) is 39.3 Å². The molecule has 7 nitrogen and oxygen atoms in total. The van der Waals surface area contributed by atoms with Gasteiger partial charge < -0.3 is 10.3 Å². The molecule has 30 heavy (non-hydrogen) atoms. The van der Waals surface area contributed by atoms with E-state index < -0.39 is 0 Å². The minimum atomic E-state index is -0.199. The van der Waals surface area contributed by atoms with Crippen molar-refractivity contribution in [2.75, 3.05) is 0 Å². The third-order valence-electron chi connectivity index (χ3n) is 5.22. The lowest BCUT2D eigenvalue weighted by atomic mass is 10.0. The predicted molar refractivity (Wildman–Crippen MR) is 117 cm³/mol. The van der Waals surface area contributed by atoms with Gasteiger partial charge in [-0.1, -0.05) is 38.1 Å². The highest BCUT2D eigenvalue weighted by Gasteiger charge is 2.21. The molecule has 2 aromatic carbocycles. The quantitative estimate of drug-likeness (QED) is 0.493. The second-order valence-electron chi connectivity index (χ2n) is 7.79. The molecule has 0 unspecified atom stereocenters. The fourth-order valence-electron chi connectivity index (χ4n) is 3.59. The van der Waals surface area contributed by atoms with Crippen LogP contribution in [0.25, 0.3) is 21.9 Å². The summed E-state index contributed by atoms with van der Waals surface area (Å²) in [6.45, 7) is 4.55. The van der Waals surface area contributed by atoms with Gasteiger partial charge in [-0.2, -0.15) is 0 Å². The standard InChI is InChI=1S/C23H25N5O2/c1-15(2)21(22-25-18-10-5-6-11-19(18)26-22)27-20(29)12-7-13-28-14-24-17-9-4-3-8-16(17)23(28)30/h3-6,8-11,14-15,21H,7,12-13H2,1-2H3,(H,25,26)(H,27,29)/t21-/m0/s1. The number of nitrogens with zero attached hydrogens (tertiary/aromatic N) is 3. The van der Waals surface area contributed by atoms with Crippen LogP contribution in [-0.2, 0) is 11.3 Å². The summed E-state index contributed by atoms with van der Waals surface area (Å²) >= 11 is 0. The lowest BCUT2D eigenvalue weighted by Crippen LogP contribution is -2.32. The first-order chi connectivity index (χ1) is 14.5. The van der Waals surface area contributed by atoms with Crippen LogP contribution >= 0.6 is 0 Å². The molecule has 0 saturated carbocycles. The third-order valence-corrected chi connectivity index (χ3v) is 5.22. The fourth-order valence-corrected chi connectivity index (χ4v) is 3.59. The van der Waals surface area contributed by atoms with Gasteiger partial charge in [0.25, 0.3) is 5.56 Å².